The Morgan fingerprint density at radius 3 is 1.76 bits per heavy atom. The molecule has 0 aromatic rings. The van der Waals surface area contributed by atoms with Crippen LogP contribution in [0, 0.1) is 11.8 Å². The van der Waals surface area contributed by atoms with Crippen LogP contribution in [0.4, 0.5) is 0 Å². The van der Waals surface area contributed by atoms with Crippen LogP contribution in [0.5, 0.6) is 0 Å². The number of nitrogens with one attached hydrogen (secondary N) is 1. The molecule has 0 aromatic carbocycles. The average Bonchev–Trinajstić information content (AvgIpc) is 3.41. The molecule has 2 aliphatic rings. The summed E-state index contributed by atoms with van der Waals surface area (Å²) in [6, 6.07) is -0.00710. The first-order valence-electron chi connectivity index (χ1n) is 13.9. The third-order valence-corrected chi connectivity index (χ3v) is 6.04. The predicted octanol–water partition coefficient (Wildman–Crippen LogP) is 2.32. The summed E-state index contributed by atoms with van der Waals surface area (Å²) in [6.45, 7) is 16.3. The molecular formula is C28H57N5O5. The number of amides is 3. The normalized spacial score (nSPS) is 15.7. The first-order valence-corrected chi connectivity index (χ1v) is 13.9. The zero-order valence-corrected chi connectivity index (χ0v) is 25.7. The van der Waals surface area contributed by atoms with Gasteiger partial charge in [-0.1, -0.05) is 41.0 Å². The summed E-state index contributed by atoms with van der Waals surface area (Å²) in [4.78, 5) is 51.5. The average molecular weight is 544 g/mol. The molecule has 10 heteroatoms. The van der Waals surface area contributed by atoms with E-state index >= 15 is 0 Å². The van der Waals surface area contributed by atoms with E-state index in [9.17, 15) is 14.4 Å². The number of carbonyl (C=O) groups is 4. The van der Waals surface area contributed by atoms with Gasteiger partial charge in [0.15, 0.2) is 0 Å². The molecule has 0 spiro atoms. The highest BCUT2D eigenvalue weighted by atomic mass is 16.5. The van der Waals surface area contributed by atoms with Gasteiger partial charge in [0.2, 0.25) is 18.2 Å². The second-order valence-corrected chi connectivity index (χ2v) is 11.0. The van der Waals surface area contributed by atoms with Gasteiger partial charge in [-0.2, -0.15) is 0 Å². The lowest BCUT2D eigenvalue weighted by Gasteiger charge is -2.34. The number of methoxy groups -OCH3 is 1. The van der Waals surface area contributed by atoms with Crippen molar-refractivity contribution >= 4 is 24.7 Å². The van der Waals surface area contributed by atoms with E-state index < -0.39 is 0 Å². The Morgan fingerprint density at radius 2 is 1.39 bits per heavy atom. The van der Waals surface area contributed by atoms with Gasteiger partial charge in [0.1, 0.15) is 0 Å². The van der Waals surface area contributed by atoms with E-state index in [2.05, 4.69) is 56.6 Å². The quantitative estimate of drug-likeness (QED) is 0.422. The molecule has 2 aliphatic heterocycles. The van der Waals surface area contributed by atoms with Crippen molar-refractivity contribution in [1.29, 1.82) is 0 Å². The number of hydrogen-bond acceptors (Lipinski definition) is 7. The van der Waals surface area contributed by atoms with E-state index in [1.54, 1.807) is 11.9 Å². The Labute approximate surface area is 232 Å². The molecule has 10 nitrogen and oxygen atoms in total. The van der Waals surface area contributed by atoms with Crippen molar-refractivity contribution in [3.63, 3.8) is 0 Å². The fraction of sp³-hybridized carbons (Fsp3) is 0.857. The Bertz CT molecular complexity index is 618. The zero-order chi connectivity index (χ0) is 29.5. The maximum absolute atomic E-state index is 12.2. The van der Waals surface area contributed by atoms with Crippen LogP contribution in [0.15, 0.2) is 0 Å². The van der Waals surface area contributed by atoms with Gasteiger partial charge in [-0.15, -0.1) is 0 Å². The summed E-state index contributed by atoms with van der Waals surface area (Å²) >= 11 is 0. The maximum atomic E-state index is 12.2. The zero-order valence-electron chi connectivity index (χ0n) is 25.7. The molecule has 0 aliphatic carbocycles. The fourth-order valence-corrected chi connectivity index (χ4v) is 3.95. The minimum atomic E-state index is -0.130. The van der Waals surface area contributed by atoms with Crippen molar-refractivity contribution in [3.8, 4) is 0 Å². The molecular weight excluding hydrogens is 486 g/mol. The molecule has 224 valence electrons. The first kappa shape index (κ1) is 37.9. The standard InChI is InChI=1S/C16H30N4O3.C6H13N.C4H10.C2H4O2/c1-13(2)14(19(4)15(22)9-17-12-21)10-18(3)11-16(23)20-7-5-6-8-20;1-7-5-3-2-4-6-7;1-4(2)3;1-4-2-3/h12-14H,5-11H2,1-4H3,(H,17,21);2-6H2,1H3;4H,1-3H3;2H,1H3/t14-;;;/m1.../s1. The lowest BCUT2D eigenvalue weighted by Crippen LogP contribution is -2.50. The summed E-state index contributed by atoms with van der Waals surface area (Å²) in [6.07, 6.45) is 6.98. The monoisotopic (exact) mass is 543 g/mol. The van der Waals surface area contributed by atoms with Crippen LogP contribution in [0.3, 0.4) is 0 Å². The van der Waals surface area contributed by atoms with Crippen LogP contribution in [0.25, 0.3) is 0 Å². The van der Waals surface area contributed by atoms with Crippen molar-refractivity contribution in [2.45, 2.75) is 72.8 Å². The van der Waals surface area contributed by atoms with Gasteiger partial charge in [-0.25, -0.2) is 0 Å². The van der Waals surface area contributed by atoms with E-state index in [1.807, 2.05) is 16.8 Å². The van der Waals surface area contributed by atoms with Crippen LogP contribution in [-0.2, 0) is 23.9 Å². The molecule has 0 bridgehead atoms. The molecule has 0 saturated carbocycles. The molecule has 2 saturated heterocycles. The van der Waals surface area contributed by atoms with Crippen molar-refractivity contribution in [1.82, 2.24) is 24.9 Å². The first-order chi connectivity index (χ1) is 17.9. The van der Waals surface area contributed by atoms with Gasteiger partial charge in [0, 0.05) is 32.7 Å². The van der Waals surface area contributed by atoms with E-state index in [0.717, 1.165) is 31.8 Å². The van der Waals surface area contributed by atoms with Crippen molar-refractivity contribution in [2.24, 2.45) is 11.8 Å². The Morgan fingerprint density at radius 1 is 0.921 bits per heavy atom. The summed E-state index contributed by atoms with van der Waals surface area (Å²) < 4.78 is 3.86. The second-order valence-electron chi connectivity index (χ2n) is 11.0. The molecule has 0 radical (unpaired) electrons. The van der Waals surface area contributed by atoms with Gasteiger partial charge in [0.05, 0.1) is 20.2 Å². The minimum absolute atomic E-state index is 0.000355. The number of nitrogens with zero attached hydrogens (tertiary/aromatic N) is 4. The summed E-state index contributed by atoms with van der Waals surface area (Å²) in [5, 5.41) is 2.40. The van der Waals surface area contributed by atoms with Gasteiger partial charge < -0.3 is 24.8 Å². The van der Waals surface area contributed by atoms with Crippen molar-refractivity contribution in [3.05, 3.63) is 0 Å². The highest BCUT2D eigenvalue weighted by molar-refractivity contribution is 5.80. The summed E-state index contributed by atoms with van der Waals surface area (Å²) in [5.74, 6) is 1.11. The highest BCUT2D eigenvalue weighted by Gasteiger charge is 2.26. The number of piperidine rings is 1. The SMILES string of the molecule is CC(C)C.CC(C)[C@@H](CN(C)CC(=O)N1CCCC1)N(C)C(=O)CNC=O.CN1CCCCC1.COC=O. The van der Waals surface area contributed by atoms with Gasteiger partial charge in [-0.3, -0.25) is 24.1 Å². The molecule has 0 aromatic heterocycles. The summed E-state index contributed by atoms with van der Waals surface area (Å²) in [5.41, 5.74) is 0. The molecule has 1 atom stereocenters. The molecule has 2 heterocycles. The minimum Gasteiger partial charge on any atom is -0.471 e. The molecule has 3 amide bonds. The van der Waals surface area contributed by atoms with Gasteiger partial charge in [0.25, 0.3) is 6.47 Å². The number of rotatable bonds is 10. The topological polar surface area (TPSA) is 102 Å². The van der Waals surface area contributed by atoms with Crippen LogP contribution < -0.4 is 5.32 Å². The number of carbonyl (C=O) groups excluding carboxylic acids is 4. The van der Waals surface area contributed by atoms with Crippen LogP contribution >= 0.6 is 0 Å². The van der Waals surface area contributed by atoms with Gasteiger partial charge >= 0.3 is 0 Å². The van der Waals surface area contributed by atoms with Crippen molar-refractivity contribution in [2.75, 3.05) is 74.1 Å². The van der Waals surface area contributed by atoms with E-state index in [0.29, 0.717) is 26.0 Å². The number of ether oxygens (including phenoxy) is 1. The lowest BCUT2D eigenvalue weighted by molar-refractivity contribution is -0.134. The molecule has 1 N–H and O–H groups in total. The maximum Gasteiger partial charge on any atom is 0.292 e. The van der Waals surface area contributed by atoms with E-state index in [1.165, 1.54) is 39.5 Å². The third-order valence-electron chi connectivity index (χ3n) is 6.04. The molecule has 2 fully saturated rings. The number of likely N-dealkylation sites (tertiary alicyclic amines) is 2. The van der Waals surface area contributed by atoms with E-state index in [4.69, 9.17) is 4.79 Å². The number of likely N-dealkylation sites (N-methyl/N-ethyl adjacent to an activating group) is 2. The second kappa shape index (κ2) is 23.9. The smallest absolute Gasteiger partial charge is 0.292 e. The van der Waals surface area contributed by atoms with Crippen molar-refractivity contribution < 1.29 is 23.9 Å². The summed E-state index contributed by atoms with van der Waals surface area (Å²) in [7, 11) is 7.16. The highest BCUT2D eigenvalue weighted by Crippen LogP contribution is 2.12. The van der Waals surface area contributed by atoms with E-state index in [-0.39, 0.29) is 30.3 Å². The van der Waals surface area contributed by atoms with Crippen LogP contribution in [-0.4, -0.2) is 124 Å². The Hall–Kier alpha value is -2.20. The number of hydrogen-bond donors (Lipinski definition) is 1. The van der Waals surface area contributed by atoms with Crippen LogP contribution in [0.1, 0.15) is 66.7 Å². The lowest BCUT2D eigenvalue weighted by atomic mass is 10.0. The third kappa shape index (κ3) is 20.8. The molecule has 2 rings (SSSR count). The Kier molecular flexibility index (Phi) is 23.9. The Balaban J connectivity index is 0. The fourth-order valence-electron chi connectivity index (χ4n) is 3.95. The predicted molar refractivity (Wildman–Crippen MR) is 154 cm³/mol. The van der Waals surface area contributed by atoms with Gasteiger partial charge in [-0.05, 0) is 64.7 Å². The van der Waals surface area contributed by atoms with Crippen LogP contribution in [0.2, 0.25) is 0 Å². The molecule has 38 heavy (non-hydrogen) atoms. The molecule has 0 unspecified atom stereocenters. The largest absolute Gasteiger partial charge is 0.471 e.